The van der Waals surface area contributed by atoms with E-state index in [0.29, 0.717) is 13.0 Å². The minimum Gasteiger partial charge on any atom is -0.481 e. The largest absolute Gasteiger partial charge is 0.481 e. The predicted octanol–water partition coefficient (Wildman–Crippen LogP) is 2.69. The molecule has 3 N–H and O–H groups in total. The summed E-state index contributed by atoms with van der Waals surface area (Å²) >= 11 is 4.09. The van der Waals surface area contributed by atoms with Gasteiger partial charge in [0.1, 0.15) is 5.60 Å². The summed E-state index contributed by atoms with van der Waals surface area (Å²) in [4.78, 5) is 43.5. The van der Waals surface area contributed by atoms with Crippen LogP contribution in [0.15, 0.2) is 0 Å². The van der Waals surface area contributed by atoms with E-state index < -0.39 is 17.7 Å². The number of carboxylic acids is 1. The number of thiol groups is 1. The van der Waals surface area contributed by atoms with Crippen molar-refractivity contribution < 1.29 is 29.0 Å². The minimum absolute atomic E-state index is 0.0640. The molecule has 0 unspecified atom stereocenters. The van der Waals surface area contributed by atoms with E-state index in [1.807, 2.05) is 0 Å². The summed E-state index contributed by atoms with van der Waals surface area (Å²) in [5.41, 5.74) is -0.559. The summed E-state index contributed by atoms with van der Waals surface area (Å²) < 4.78 is 5.13. The third kappa shape index (κ3) is 30.7. The number of likely N-dealkylation sites (N-methyl/N-ethyl adjacent to an activating group) is 1. The van der Waals surface area contributed by atoms with Gasteiger partial charge in [-0.1, -0.05) is 26.2 Å². The second kappa shape index (κ2) is 21.7. The van der Waals surface area contributed by atoms with E-state index in [4.69, 9.17) is 14.6 Å². The fourth-order valence-electron chi connectivity index (χ4n) is 1.64. The van der Waals surface area contributed by atoms with Crippen LogP contribution in [0.4, 0.5) is 4.79 Å². The molecule has 0 rings (SSSR count). The van der Waals surface area contributed by atoms with Gasteiger partial charge in [0.05, 0.1) is 6.42 Å². The zero-order chi connectivity index (χ0) is 24.0. The SMILES string of the molecule is CCCCCCS.CN(CCNC(=O)CCC(=O)O)C(=O)OC(C)(C)C.CNC=O. The van der Waals surface area contributed by atoms with Crippen molar-refractivity contribution in [3.8, 4) is 0 Å². The van der Waals surface area contributed by atoms with Crippen molar-refractivity contribution in [1.82, 2.24) is 15.5 Å². The molecule has 0 saturated carbocycles. The number of rotatable bonds is 11. The number of nitrogens with one attached hydrogen (secondary N) is 2. The van der Waals surface area contributed by atoms with Crippen LogP contribution in [0.25, 0.3) is 0 Å². The molecule has 0 aromatic heterocycles. The second-order valence-electron chi connectivity index (χ2n) is 7.34. The van der Waals surface area contributed by atoms with Crippen LogP contribution in [-0.4, -0.2) is 72.9 Å². The van der Waals surface area contributed by atoms with Crippen LogP contribution in [0.1, 0.15) is 66.2 Å². The first-order valence-electron chi connectivity index (χ1n) is 10.1. The Bertz CT molecular complexity index is 466. The van der Waals surface area contributed by atoms with Gasteiger partial charge >= 0.3 is 12.1 Å². The fourth-order valence-corrected chi connectivity index (χ4v) is 1.87. The first-order chi connectivity index (χ1) is 13.9. The molecule has 0 saturated heterocycles. The summed E-state index contributed by atoms with van der Waals surface area (Å²) in [5.74, 6) is -0.305. The average Bonchev–Trinajstić information content (AvgIpc) is 2.66. The van der Waals surface area contributed by atoms with Gasteiger partial charge in [-0.15, -0.1) is 0 Å². The van der Waals surface area contributed by atoms with Gasteiger partial charge < -0.3 is 25.4 Å². The predicted molar refractivity (Wildman–Crippen MR) is 122 cm³/mol. The molecular formula is C20H41N3O6S. The Morgan fingerprint density at radius 2 is 1.70 bits per heavy atom. The summed E-state index contributed by atoms with van der Waals surface area (Å²) in [5, 5.41) is 13.2. The van der Waals surface area contributed by atoms with Crippen LogP contribution in [0.5, 0.6) is 0 Å². The zero-order valence-electron chi connectivity index (χ0n) is 19.3. The number of amides is 3. The Balaban J connectivity index is -0.000000543. The van der Waals surface area contributed by atoms with Crippen LogP contribution in [0, 0.1) is 0 Å². The first-order valence-corrected chi connectivity index (χ1v) is 10.7. The lowest BCUT2D eigenvalue weighted by molar-refractivity contribution is -0.138. The van der Waals surface area contributed by atoms with Crippen LogP contribution in [0.3, 0.4) is 0 Å². The summed E-state index contributed by atoms with van der Waals surface area (Å²) in [7, 11) is 3.13. The number of unbranched alkanes of at least 4 members (excludes halogenated alkanes) is 3. The van der Waals surface area contributed by atoms with E-state index >= 15 is 0 Å². The average molecular weight is 452 g/mol. The van der Waals surface area contributed by atoms with Gasteiger partial charge in [-0.2, -0.15) is 12.6 Å². The molecule has 0 aromatic carbocycles. The second-order valence-corrected chi connectivity index (χ2v) is 7.78. The number of aliphatic carboxylic acids is 1. The van der Waals surface area contributed by atoms with Crippen molar-refractivity contribution in [1.29, 1.82) is 0 Å². The highest BCUT2D eigenvalue weighted by Crippen LogP contribution is 2.08. The Hall–Kier alpha value is -1.97. The maximum atomic E-state index is 11.6. The standard InChI is InChI=1S/C12H22N2O5.C6H14S.C2H5NO/c1-12(2,3)19-11(18)14(4)8-7-13-9(15)5-6-10(16)17;1-2-3-4-5-6-7;1-3-2-4/h5-8H2,1-4H3,(H,13,15)(H,16,17);7H,2-6H2,1H3;2H,1H3,(H,3,4). The molecule has 3 amide bonds. The van der Waals surface area contributed by atoms with Gasteiger partial charge in [0.15, 0.2) is 0 Å². The molecule has 0 spiro atoms. The molecule has 30 heavy (non-hydrogen) atoms. The van der Waals surface area contributed by atoms with Gasteiger partial charge in [0, 0.05) is 33.6 Å². The number of ether oxygens (including phenoxy) is 1. The summed E-state index contributed by atoms with van der Waals surface area (Å²) in [6.07, 6.45) is 5.25. The number of carbonyl (C=O) groups excluding carboxylic acids is 3. The van der Waals surface area contributed by atoms with Crippen LogP contribution in [0.2, 0.25) is 0 Å². The number of carbonyl (C=O) groups is 4. The molecule has 0 aliphatic rings. The van der Waals surface area contributed by atoms with E-state index in [9.17, 15) is 14.4 Å². The van der Waals surface area contributed by atoms with E-state index in [1.165, 1.54) is 30.6 Å². The normalized spacial score (nSPS) is 9.70. The Kier molecular flexibility index (Phi) is 23.7. The number of nitrogens with zero attached hydrogens (tertiary/aromatic N) is 1. The van der Waals surface area contributed by atoms with Crippen LogP contribution >= 0.6 is 12.6 Å². The van der Waals surface area contributed by atoms with Crippen LogP contribution < -0.4 is 10.6 Å². The van der Waals surface area contributed by atoms with E-state index in [2.05, 4.69) is 30.2 Å². The Labute approximate surface area is 186 Å². The molecule has 0 aliphatic heterocycles. The van der Waals surface area contributed by atoms with E-state index in [-0.39, 0.29) is 25.3 Å². The maximum Gasteiger partial charge on any atom is 0.410 e. The number of hydrogen-bond acceptors (Lipinski definition) is 6. The van der Waals surface area contributed by atoms with Crippen molar-refractivity contribution in [2.24, 2.45) is 0 Å². The summed E-state index contributed by atoms with van der Waals surface area (Å²) in [6, 6.07) is 0. The summed E-state index contributed by atoms with van der Waals surface area (Å²) in [6.45, 7) is 8.09. The lowest BCUT2D eigenvalue weighted by Crippen LogP contribution is -2.39. The molecule has 0 aliphatic carbocycles. The Morgan fingerprint density at radius 1 is 1.13 bits per heavy atom. The number of hydrogen-bond donors (Lipinski definition) is 4. The smallest absolute Gasteiger partial charge is 0.410 e. The molecule has 10 heteroatoms. The van der Waals surface area contributed by atoms with Crippen molar-refractivity contribution >= 4 is 37.0 Å². The first kappa shape index (κ1) is 32.7. The Morgan fingerprint density at radius 3 is 2.10 bits per heavy atom. The molecule has 9 nitrogen and oxygen atoms in total. The highest BCUT2D eigenvalue weighted by atomic mass is 32.1. The third-order valence-electron chi connectivity index (χ3n) is 3.17. The minimum atomic E-state index is -1.01. The van der Waals surface area contributed by atoms with E-state index in [0.717, 1.165) is 5.75 Å². The van der Waals surface area contributed by atoms with Gasteiger partial charge in [0.2, 0.25) is 12.3 Å². The van der Waals surface area contributed by atoms with Crippen molar-refractivity contribution in [2.45, 2.75) is 71.8 Å². The van der Waals surface area contributed by atoms with Crippen molar-refractivity contribution in [2.75, 3.05) is 32.9 Å². The highest BCUT2D eigenvalue weighted by molar-refractivity contribution is 7.80. The molecular weight excluding hydrogens is 410 g/mol. The van der Waals surface area contributed by atoms with Gasteiger partial charge in [-0.3, -0.25) is 14.4 Å². The molecule has 0 radical (unpaired) electrons. The van der Waals surface area contributed by atoms with Crippen LogP contribution in [-0.2, 0) is 19.1 Å². The topological polar surface area (TPSA) is 125 Å². The molecule has 0 atom stereocenters. The lowest BCUT2D eigenvalue weighted by Gasteiger charge is -2.24. The molecule has 178 valence electrons. The highest BCUT2D eigenvalue weighted by Gasteiger charge is 2.19. The molecule has 0 aromatic rings. The third-order valence-corrected chi connectivity index (χ3v) is 3.49. The monoisotopic (exact) mass is 451 g/mol. The fraction of sp³-hybridized carbons (Fsp3) is 0.800. The van der Waals surface area contributed by atoms with Gasteiger partial charge in [-0.25, -0.2) is 4.79 Å². The zero-order valence-corrected chi connectivity index (χ0v) is 20.2. The maximum absolute atomic E-state index is 11.6. The molecule has 0 heterocycles. The van der Waals surface area contributed by atoms with Gasteiger partial charge in [-0.05, 0) is 32.9 Å². The quantitative estimate of drug-likeness (QED) is 0.217. The van der Waals surface area contributed by atoms with E-state index in [1.54, 1.807) is 34.9 Å². The molecule has 0 bridgehead atoms. The van der Waals surface area contributed by atoms with Crippen molar-refractivity contribution in [3.05, 3.63) is 0 Å². The van der Waals surface area contributed by atoms with Crippen molar-refractivity contribution in [3.63, 3.8) is 0 Å². The number of carboxylic acid groups (broad SMARTS) is 1. The molecule has 0 fully saturated rings. The van der Waals surface area contributed by atoms with Gasteiger partial charge in [0.25, 0.3) is 0 Å². The lowest BCUT2D eigenvalue weighted by atomic mass is 10.2.